The van der Waals surface area contributed by atoms with Crippen molar-refractivity contribution >= 4 is 24.2 Å². The predicted octanol–water partition coefficient (Wildman–Crippen LogP) is 3.76. The first-order valence-electron chi connectivity index (χ1n) is 7.11. The van der Waals surface area contributed by atoms with E-state index in [0.29, 0.717) is 28.4 Å². The van der Waals surface area contributed by atoms with Gasteiger partial charge in [-0.2, -0.15) is 0 Å². The number of carbonyl (C=O) groups excluding carboxylic acids is 1. The van der Waals surface area contributed by atoms with Crippen molar-refractivity contribution in [3.05, 3.63) is 23.8 Å². The molecule has 0 saturated carbocycles. The molecule has 1 aromatic carbocycles. The average molecular weight is 312 g/mol. The van der Waals surface area contributed by atoms with E-state index in [1.54, 1.807) is 14.2 Å². The molecule has 5 heteroatoms. The Morgan fingerprint density at radius 2 is 1.55 bits per heavy atom. The molecule has 2 bridgehead atoms. The summed E-state index contributed by atoms with van der Waals surface area (Å²) >= 11 is 4.99. The van der Waals surface area contributed by atoms with Gasteiger partial charge in [0.25, 0.3) is 0 Å². The van der Waals surface area contributed by atoms with Crippen LogP contribution < -0.4 is 9.47 Å². The fourth-order valence-corrected chi connectivity index (χ4v) is 10.3. The predicted molar refractivity (Wildman–Crippen MR) is 87.2 cm³/mol. The van der Waals surface area contributed by atoms with Crippen LogP contribution in [0.3, 0.4) is 0 Å². The summed E-state index contributed by atoms with van der Waals surface area (Å²) in [5.74, 6) is 1.23. The summed E-state index contributed by atoms with van der Waals surface area (Å²) in [5.41, 5.74) is 1.87. The van der Waals surface area contributed by atoms with Crippen LogP contribution >= 0.6 is 18.7 Å². The Labute approximate surface area is 125 Å². The summed E-state index contributed by atoms with van der Waals surface area (Å²) in [6, 6.07) is 5.51. The Hall–Kier alpha value is -0.730. The van der Waals surface area contributed by atoms with Crippen molar-refractivity contribution in [2.24, 2.45) is 0 Å². The van der Waals surface area contributed by atoms with Crippen LogP contribution in [0.1, 0.15) is 36.0 Å². The Bertz CT molecular complexity index is 504. The fraction of sp³-hybridized carbons (Fsp3) is 0.533. The monoisotopic (exact) mass is 312 g/mol. The van der Waals surface area contributed by atoms with Gasteiger partial charge in [-0.3, -0.25) is 0 Å². The number of rotatable bonds is 4. The van der Waals surface area contributed by atoms with Crippen LogP contribution in [0.2, 0.25) is 0 Å². The minimum atomic E-state index is -2.23. The van der Waals surface area contributed by atoms with Gasteiger partial charge in [-0.05, 0) is 0 Å². The van der Waals surface area contributed by atoms with Gasteiger partial charge in [-0.1, -0.05) is 0 Å². The van der Waals surface area contributed by atoms with E-state index < -0.39 is 6.46 Å². The van der Waals surface area contributed by atoms with E-state index in [9.17, 15) is 4.79 Å². The zero-order chi connectivity index (χ0) is 14.3. The van der Waals surface area contributed by atoms with Gasteiger partial charge in [0.05, 0.1) is 0 Å². The second-order valence-electron chi connectivity index (χ2n) is 5.74. The van der Waals surface area contributed by atoms with Crippen molar-refractivity contribution < 1.29 is 14.3 Å². The first-order chi connectivity index (χ1) is 9.62. The molecule has 1 aromatic rings. The minimum absolute atomic E-state index is 0.208. The van der Waals surface area contributed by atoms with E-state index in [2.05, 4.69) is 0 Å². The van der Waals surface area contributed by atoms with Crippen LogP contribution in [0.15, 0.2) is 18.2 Å². The molecule has 3 rings (SSSR count). The molecule has 2 saturated heterocycles. The Balaban J connectivity index is 2.07. The van der Waals surface area contributed by atoms with Crippen LogP contribution in [-0.2, 0) is 0 Å². The second kappa shape index (κ2) is 5.23. The third-order valence-electron chi connectivity index (χ3n) is 4.99. The van der Waals surface area contributed by atoms with Gasteiger partial charge >= 0.3 is 125 Å². The number of benzene rings is 1. The van der Waals surface area contributed by atoms with Gasteiger partial charge in [-0.15, -0.1) is 0 Å². The number of thiol groups is 1. The van der Waals surface area contributed by atoms with Crippen LogP contribution in [0, 0.1) is 0 Å². The normalized spacial score (nSPS) is 28.1. The molecule has 2 fully saturated rings. The Kier molecular flexibility index (Phi) is 3.72. The van der Waals surface area contributed by atoms with Crippen LogP contribution in [0.25, 0.3) is 0 Å². The van der Waals surface area contributed by atoms with E-state index in [0.717, 1.165) is 0 Å². The van der Waals surface area contributed by atoms with Crippen LogP contribution in [0.5, 0.6) is 11.5 Å². The van der Waals surface area contributed by atoms with Crippen molar-refractivity contribution in [1.82, 2.24) is 0 Å². The van der Waals surface area contributed by atoms with Crippen molar-refractivity contribution in [2.75, 3.05) is 14.2 Å². The summed E-state index contributed by atoms with van der Waals surface area (Å²) in [6.45, 7) is -2.23. The third-order valence-corrected chi connectivity index (χ3v) is 12.4. The number of carbonyl (C=O) groups is 1. The number of hydrogen-bond acceptors (Lipinski definition) is 4. The third kappa shape index (κ3) is 1.88. The Morgan fingerprint density at radius 3 is 1.95 bits per heavy atom. The first kappa shape index (κ1) is 14.2. The molecule has 0 radical (unpaired) electrons. The fourth-order valence-electron chi connectivity index (χ4n) is 3.95. The molecule has 2 aliphatic rings. The second-order valence-corrected chi connectivity index (χ2v) is 11.7. The number of fused-ring (bicyclic) bond motifs is 2. The molecule has 2 heterocycles. The topological polar surface area (TPSA) is 35.5 Å². The molecule has 0 N–H and O–H groups in total. The number of hydrogen-bond donors (Lipinski definition) is 1. The molecular formula is C15H21O3PS. The molecule has 0 spiro atoms. The maximum atomic E-state index is 13.2. The van der Waals surface area contributed by atoms with Gasteiger partial charge in [0.1, 0.15) is 0 Å². The molecule has 20 heavy (non-hydrogen) atoms. The van der Waals surface area contributed by atoms with E-state index in [4.69, 9.17) is 21.7 Å². The van der Waals surface area contributed by atoms with E-state index in [1.807, 2.05) is 18.2 Å². The zero-order valence-electron chi connectivity index (χ0n) is 11.9. The van der Waals surface area contributed by atoms with Crippen molar-refractivity contribution in [2.45, 2.75) is 37.0 Å². The van der Waals surface area contributed by atoms with Crippen LogP contribution in [-0.4, -0.2) is 31.1 Å². The molecule has 0 aliphatic carbocycles. The molecule has 0 unspecified atom stereocenters. The van der Waals surface area contributed by atoms with E-state index in [-0.39, 0.29) is 5.52 Å². The first-order valence-corrected chi connectivity index (χ1v) is 10.6. The molecular weight excluding hydrogens is 291 g/mol. The maximum absolute atomic E-state index is 13.2. The SMILES string of the molecule is COc1cccc(OC)c1C(=O)[PH]1(S)C2CCC1CC2. The van der Waals surface area contributed by atoms with E-state index in [1.165, 1.54) is 25.7 Å². The summed E-state index contributed by atoms with van der Waals surface area (Å²) in [6.07, 6.45) is 4.68. The summed E-state index contributed by atoms with van der Waals surface area (Å²) < 4.78 is 10.8. The summed E-state index contributed by atoms with van der Waals surface area (Å²) in [5, 5.41) is 0. The quantitative estimate of drug-likeness (QED) is 0.679. The number of ether oxygens (including phenoxy) is 2. The summed E-state index contributed by atoms with van der Waals surface area (Å²) in [4.78, 5) is 13.2. The molecule has 3 nitrogen and oxygen atoms in total. The van der Waals surface area contributed by atoms with Crippen LogP contribution in [0.4, 0.5) is 0 Å². The standard InChI is InChI=1S/C15H21O3PS/c1-17-12-4-3-5-13(18-2)14(12)15(16)19(20)10-6-7-11(19)9-8-10/h3-5,10-11,19-20H,6-9H2,1-2H3. The molecule has 0 aromatic heterocycles. The van der Waals surface area contributed by atoms with Crippen molar-refractivity contribution in [3.63, 3.8) is 0 Å². The molecule has 0 amide bonds. The molecule has 0 atom stereocenters. The summed E-state index contributed by atoms with van der Waals surface area (Å²) in [7, 11) is 3.20. The Morgan fingerprint density at radius 1 is 1.10 bits per heavy atom. The van der Waals surface area contributed by atoms with Crippen molar-refractivity contribution in [3.8, 4) is 11.5 Å². The van der Waals surface area contributed by atoms with Gasteiger partial charge < -0.3 is 0 Å². The molecule has 2 aliphatic heterocycles. The average Bonchev–Trinajstić information content (AvgIpc) is 2.99. The van der Waals surface area contributed by atoms with Gasteiger partial charge in [0.15, 0.2) is 0 Å². The van der Waals surface area contributed by atoms with Gasteiger partial charge in [0.2, 0.25) is 0 Å². The van der Waals surface area contributed by atoms with Gasteiger partial charge in [-0.25, -0.2) is 0 Å². The van der Waals surface area contributed by atoms with Gasteiger partial charge in [0, 0.05) is 0 Å². The zero-order valence-corrected chi connectivity index (χ0v) is 13.8. The molecule has 110 valence electrons. The number of methoxy groups -OCH3 is 2. The van der Waals surface area contributed by atoms with E-state index >= 15 is 0 Å². The van der Waals surface area contributed by atoms with Crippen molar-refractivity contribution in [1.29, 1.82) is 0 Å².